The van der Waals surface area contributed by atoms with Crippen LogP contribution in [0.25, 0.3) is 0 Å². The molecule has 1 aromatic heterocycles. The summed E-state index contributed by atoms with van der Waals surface area (Å²) in [6.45, 7) is 9.75. The van der Waals surface area contributed by atoms with Gasteiger partial charge in [0.25, 0.3) is 0 Å². The summed E-state index contributed by atoms with van der Waals surface area (Å²) in [5.74, 6) is 0.960. The summed E-state index contributed by atoms with van der Waals surface area (Å²) < 4.78 is 7.81. The fourth-order valence-electron chi connectivity index (χ4n) is 3.15. The molecule has 0 unspecified atom stereocenters. The van der Waals surface area contributed by atoms with Crippen molar-refractivity contribution in [1.29, 1.82) is 0 Å². The van der Waals surface area contributed by atoms with Gasteiger partial charge in [0.15, 0.2) is 0 Å². The van der Waals surface area contributed by atoms with Crippen LogP contribution in [0.1, 0.15) is 85.5 Å². The van der Waals surface area contributed by atoms with Crippen LogP contribution >= 0.6 is 0 Å². The van der Waals surface area contributed by atoms with Crippen LogP contribution in [0.4, 0.5) is 0 Å². The first-order chi connectivity index (χ1) is 11.2. The van der Waals surface area contributed by atoms with Crippen molar-refractivity contribution in [3.05, 3.63) is 18.5 Å². The molecule has 23 heavy (non-hydrogen) atoms. The molecule has 0 aromatic carbocycles. The van der Waals surface area contributed by atoms with Crippen LogP contribution in [0.3, 0.4) is 0 Å². The van der Waals surface area contributed by atoms with Crippen molar-refractivity contribution in [1.82, 2.24) is 4.98 Å². The summed E-state index contributed by atoms with van der Waals surface area (Å²) in [6, 6.07) is 2.28. The van der Waals surface area contributed by atoms with Gasteiger partial charge in [-0.15, -0.1) is 0 Å². The van der Waals surface area contributed by atoms with Crippen LogP contribution in [0, 0.1) is 0 Å². The molecule has 0 saturated carbocycles. The summed E-state index contributed by atoms with van der Waals surface area (Å²) in [6.07, 6.45) is 16.3. The number of aromatic nitrogens is 1. The van der Waals surface area contributed by atoms with Crippen molar-refractivity contribution in [3.63, 3.8) is 0 Å². The Bertz CT molecular complexity index is 400. The molecular weight excluding hydrogens is 389 g/mol. The Morgan fingerprint density at radius 3 is 1.96 bits per heavy atom. The summed E-state index contributed by atoms with van der Waals surface area (Å²) >= 11 is -0.682. The van der Waals surface area contributed by atoms with E-state index < -0.39 is 21.1 Å². The third-order valence-corrected chi connectivity index (χ3v) is 9.72. The molecule has 0 spiro atoms. The fraction of sp³-hybridized carbons (Fsp3) is 0.750. The van der Waals surface area contributed by atoms with Gasteiger partial charge in [-0.1, -0.05) is 0 Å². The molecule has 2 radical (unpaired) electrons. The predicted octanol–water partition coefficient (Wildman–Crippen LogP) is 5.54. The average molecular weight is 424 g/mol. The summed E-state index contributed by atoms with van der Waals surface area (Å²) in [5, 5.41) is 0. The third-order valence-electron chi connectivity index (χ3n) is 4.46. The van der Waals surface area contributed by atoms with Crippen LogP contribution in [-0.2, 0) is 0 Å². The van der Waals surface area contributed by atoms with E-state index in [1.54, 1.807) is 0 Å². The van der Waals surface area contributed by atoms with E-state index in [4.69, 9.17) is 4.74 Å². The zero-order valence-electron chi connectivity index (χ0n) is 15.7. The van der Waals surface area contributed by atoms with Gasteiger partial charge in [0, 0.05) is 0 Å². The van der Waals surface area contributed by atoms with Crippen LogP contribution in [-0.4, -0.2) is 32.7 Å². The maximum absolute atomic E-state index is 5.67. The van der Waals surface area contributed by atoms with Crippen LogP contribution < -0.4 is 8.32 Å². The van der Waals surface area contributed by atoms with Gasteiger partial charge in [-0.05, 0) is 0 Å². The second-order valence-electron chi connectivity index (χ2n) is 6.56. The van der Waals surface area contributed by atoms with Crippen molar-refractivity contribution < 1.29 is 4.74 Å². The van der Waals surface area contributed by atoms with Gasteiger partial charge in [0.1, 0.15) is 0 Å². The Kier molecular flexibility index (Phi) is 11.0. The summed E-state index contributed by atoms with van der Waals surface area (Å²) in [4.78, 5) is 4.45. The monoisotopic (exact) mass is 425 g/mol. The van der Waals surface area contributed by atoms with Crippen molar-refractivity contribution in [3.8, 4) is 5.75 Å². The first kappa shape index (κ1) is 20.8. The summed E-state index contributed by atoms with van der Waals surface area (Å²) in [5.41, 5.74) is 0. The second-order valence-corrected chi connectivity index (χ2v) is 11.9. The number of nitrogens with zero attached hydrogens (tertiary/aromatic N) is 1. The van der Waals surface area contributed by atoms with E-state index in [9.17, 15) is 0 Å². The van der Waals surface area contributed by atoms with Gasteiger partial charge in [-0.25, -0.2) is 0 Å². The molecule has 0 atom stereocenters. The van der Waals surface area contributed by atoms with Crippen LogP contribution in [0.15, 0.2) is 18.5 Å². The number of rotatable bonds is 13. The molecule has 1 rings (SSSR count). The topological polar surface area (TPSA) is 22.1 Å². The molecule has 0 fully saturated rings. The Balaban J connectivity index is 2.92. The molecule has 0 N–H and O–H groups in total. The van der Waals surface area contributed by atoms with Crippen LogP contribution in [0.5, 0.6) is 5.75 Å². The minimum atomic E-state index is -0.682. The van der Waals surface area contributed by atoms with E-state index in [0.717, 1.165) is 12.4 Å². The van der Waals surface area contributed by atoms with Gasteiger partial charge in [0.2, 0.25) is 0 Å². The SMILES string of the molecule is CCCC[C](CCCC)(CCCC)[Sn][c]1cncc(OCC)c1. The normalized spacial score (nSPS) is 11.7. The molecule has 0 aliphatic rings. The first-order valence-corrected chi connectivity index (χ1v) is 12.4. The summed E-state index contributed by atoms with van der Waals surface area (Å²) in [7, 11) is 0. The van der Waals surface area contributed by atoms with Crippen molar-refractivity contribution in [2.24, 2.45) is 0 Å². The first-order valence-electron chi connectivity index (χ1n) is 9.55. The second kappa shape index (κ2) is 12.2. The molecule has 130 valence electrons. The van der Waals surface area contributed by atoms with E-state index >= 15 is 0 Å². The van der Waals surface area contributed by atoms with Gasteiger partial charge >= 0.3 is 154 Å². The zero-order chi connectivity index (χ0) is 17.0. The van der Waals surface area contributed by atoms with Crippen molar-refractivity contribution >= 4 is 24.7 Å². The molecular formula is C20H35NOSn. The fourth-order valence-corrected chi connectivity index (χ4v) is 8.49. The van der Waals surface area contributed by atoms with E-state index in [1.165, 1.54) is 61.4 Å². The van der Waals surface area contributed by atoms with Gasteiger partial charge in [-0.2, -0.15) is 0 Å². The number of pyridine rings is 1. The van der Waals surface area contributed by atoms with Crippen molar-refractivity contribution in [2.45, 2.75) is 88.9 Å². The Morgan fingerprint density at radius 1 is 0.913 bits per heavy atom. The van der Waals surface area contributed by atoms with Crippen molar-refractivity contribution in [2.75, 3.05) is 6.61 Å². The average Bonchev–Trinajstić information content (AvgIpc) is 2.57. The molecule has 2 nitrogen and oxygen atoms in total. The Morgan fingerprint density at radius 2 is 1.48 bits per heavy atom. The Labute approximate surface area is 154 Å². The van der Waals surface area contributed by atoms with E-state index in [1.807, 2.05) is 13.1 Å². The van der Waals surface area contributed by atoms with Gasteiger partial charge < -0.3 is 0 Å². The molecule has 0 amide bonds. The molecule has 1 heterocycles. The maximum atomic E-state index is 5.67. The van der Waals surface area contributed by atoms with E-state index in [0.29, 0.717) is 3.43 Å². The van der Waals surface area contributed by atoms with Gasteiger partial charge in [0.05, 0.1) is 0 Å². The Hall–Kier alpha value is -0.251. The van der Waals surface area contributed by atoms with E-state index in [-0.39, 0.29) is 0 Å². The number of ether oxygens (including phenoxy) is 1. The predicted molar refractivity (Wildman–Crippen MR) is 102 cm³/mol. The molecule has 0 aliphatic carbocycles. The number of unbranched alkanes of at least 4 members (excludes halogenated alkanes) is 3. The number of hydrogen-bond donors (Lipinski definition) is 0. The molecule has 0 aliphatic heterocycles. The molecule has 1 aromatic rings. The number of hydrogen-bond acceptors (Lipinski definition) is 2. The molecule has 3 heteroatoms. The molecule has 0 saturated heterocycles. The van der Waals surface area contributed by atoms with E-state index in [2.05, 4.69) is 38.0 Å². The standard InChI is InChI=1S/C13H27.C7H8NO.Sn/c1-4-7-10-13(11-8-5-2)12-9-6-3;1-2-9-7-4-3-5-8-6-7;/h4-12H2,1-3H3;4-6H,2H2,1H3;. The minimum absolute atomic E-state index is 0.623. The van der Waals surface area contributed by atoms with Gasteiger partial charge in [-0.3, -0.25) is 0 Å². The third kappa shape index (κ3) is 7.91. The quantitative estimate of drug-likeness (QED) is 0.388. The van der Waals surface area contributed by atoms with Crippen LogP contribution in [0.2, 0.25) is 3.43 Å². The molecule has 0 bridgehead atoms. The zero-order valence-corrected chi connectivity index (χ0v) is 18.5.